The molecule has 5 heteroatoms. The van der Waals surface area contributed by atoms with Crippen molar-refractivity contribution in [3.05, 3.63) is 0 Å². The van der Waals surface area contributed by atoms with Gasteiger partial charge in [0.25, 0.3) is 0 Å². The summed E-state index contributed by atoms with van der Waals surface area (Å²) in [5.74, 6) is 0.796. The van der Waals surface area contributed by atoms with Gasteiger partial charge in [-0.1, -0.05) is 20.8 Å². The van der Waals surface area contributed by atoms with Crippen molar-refractivity contribution in [2.75, 3.05) is 7.11 Å². The van der Waals surface area contributed by atoms with Crippen LogP contribution in [0, 0.1) is 23.2 Å². The third-order valence-corrected chi connectivity index (χ3v) is 11.9. The van der Waals surface area contributed by atoms with Crippen molar-refractivity contribution in [2.45, 2.75) is 70.1 Å². The van der Waals surface area contributed by atoms with Crippen LogP contribution in [0.5, 0.6) is 0 Å². The van der Waals surface area contributed by atoms with Crippen molar-refractivity contribution in [2.24, 2.45) is 23.2 Å². The predicted molar refractivity (Wildman–Crippen MR) is 84.9 cm³/mol. The molecule has 1 saturated heterocycles. The highest BCUT2D eigenvalue weighted by molar-refractivity contribution is 6.74. The molecule has 0 aromatic heterocycles. The molecule has 3 saturated carbocycles. The van der Waals surface area contributed by atoms with E-state index in [2.05, 4.69) is 33.9 Å². The molecular formula is C17H28O4Si. The molecule has 0 aromatic rings. The van der Waals surface area contributed by atoms with Gasteiger partial charge in [0.15, 0.2) is 8.32 Å². The van der Waals surface area contributed by atoms with E-state index in [-0.39, 0.29) is 28.4 Å². The lowest BCUT2D eigenvalue weighted by Gasteiger charge is -2.64. The maximum atomic E-state index is 12.1. The van der Waals surface area contributed by atoms with Crippen LogP contribution in [0.2, 0.25) is 18.1 Å². The third-order valence-electron chi connectivity index (χ3n) is 7.43. The van der Waals surface area contributed by atoms with E-state index in [0.29, 0.717) is 24.0 Å². The van der Waals surface area contributed by atoms with Crippen LogP contribution >= 0.6 is 0 Å². The highest BCUT2D eigenvalue weighted by Crippen LogP contribution is 2.81. The van der Waals surface area contributed by atoms with Crippen molar-refractivity contribution < 1.29 is 18.7 Å². The molecule has 1 unspecified atom stereocenters. The molecule has 4 rings (SSSR count). The van der Waals surface area contributed by atoms with Crippen LogP contribution in [0.1, 0.15) is 33.6 Å². The summed E-state index contributed by atoms with van der Waals surface area (Å²) in [6.45, 7) is 11.5. The van der Waals surface area contributed by atoms with Gasteiger partial charge in [-0.05, 0) is 36.9 Å². The van der Waals surface area contributed by atoms with E-state index in [1.165, 1.54) is 7.11 Å². The number of hydrogen-bond donors (Lipinski definition) is 0. The monoisotopic (exact) mass is 324 g/mol. The summed E-state index contributed by atoms with van der Waals surface area (Å²) in [6, 6.07) is 0. The van der Waals surface area contributed by atoms with Crippen molar-refractivity contribution in [1.82, 2.24) is 0 Å². The summed E-state index contributed by atoms with van der Waals surface area (Å²) < 4.78 is 17.7. The molecule has 4 fully saturated rings. The number of rotatable bonds is 3. The lowest BCUT2D eigenvalue weighted by atomic mass is 9.38. The van der Waals surface area contributed by atoms with Crippen molar-refractivity contribution in [3.63, 3.8) is 0 Å². The van der Waals surface area contributed by atoms with Gasteiger partial charge in [0, 0.05) is 11.3 Å². The number of fused-ring (bicyclic) bond motifs is 2. The highest BCUT2D eigenvalue weighted by Gasteiger charge is 2.89. The molecule has 22 heavy (non-hydrogen) atoms. The minimum atomic E-state index is -1.79. The smallest absolute Gasteiger partial charge is 0.309 e. The van der Waals surface area contributed by atoms with E-state index in [1.807, 2.05) is 0 Å². The minimum absolute atomic E-state index is 0.0347. The van der Waals surface area contributed by atoms with E-state index >= 15 is 0 Å². The molecule has 1 heterocycles. The first-order valence-corrected chi connectivity index (χ1v) is 11.5. The van der Waals surface area contributed by atoms with Crippen LogP contribution < -0.4 is 0 Å². The normalized spacial score (nSPS) is 48.5. The number of methoxy groups -OCH3 is 1. The Bertz CT molecular complexity index is 517. The maximum Gasteiger partial charge on any atom is 0.309 e. The Hall–Kier alpha value is -0.393. The minimum Gasteiger partial charge on any atom is -0.469 e. The van der Waals surface area contributed by atoms with Crippen LogP contribution in [0.25, 0.3) is 0 Å². The molecule has 4 nitrogen and oxygen atoms in total. The van der Waals surface area contributed by atoms with Gasteiger partial charge in [0.1, 0.15) is 0 Å². The van der Waals surface area contributed by atoms with Crippen LogP contribution in [0.4, 0.5) is 0 Å². The number of epoxide rings is 1. The van der Waals surface area contributed by atoms with Gasteiger partial charge in [-0.3, -0.25) is 4.79 Å². The van der Waals surface area contributed by atoms with E-state index in [0.717, 1.165) is 12.8 Å². The van der Waals surface area contributed by atoms with Gasteiger partial charge in [-0.2, -0.15) is 0 Å². The van der Waals surface area contributed by atoms with E-state index in [1.54, 1.807) is 0 Å². The molecule has 0 amide bonds. The van der Waals surface area contributed by atoms with Crippen molar-refractivity contribution in [1.29, 1.82) is 0 Å². The fourth-order valence-corrected chi connectivity index (χ4v) is 6.75. The van der Waals surface area contributed by atoms with Gasteiger partial charge in [0.05, 0.1) is 31.3 Å². The van der Waals surface area contributed by atoms with Crippen molar-refractivity contribution >= 4 is 14.3 Å². The molecule has 0 aromatic carbocycles. The second kappa shape index (κ2) is 4.17. The zero-order chi connectivity index (χ0) is 16.1. The van der Waals surface area contributed by atoms with Gasteiger partial charge in [0.2, 0.25) is 0 Å². The predicted octanol–water partition coefficient (Wildman–Crippen LogP) is 2.97. The second-order valence-corrected chi connectivity index (χ2v) is 13.9. The summed E-state index contributed by atoms with van der Waals surface area (Å²) in [4.78, 5) is 12.1. The van der Waals surface area contributed by atoms with Crippen LogP contribution in [0.15, 0.2) is 0 Å². The molecule has 124 valence electrons. The molecule has 1 spiro atoms. The molecule has 0 radical (unpaired) electrons. The maximum absolute atomic E-state index is 12.1. The highest BCUT2D eigenvalue weighted by atomic mass is 28.4. The van der Waals surface area contributed by atoms with Crippen LogP contribution in [-0.2, 0) is 18.7 Å². The number of ether oxygens (including phenoxy) is 2. The lowest BCUT2D eigenvalue weighted by molar-refractivity contribution is -0.209. The fourth-order valence-electron chi connectivity index (χ4n) is 5.36. The van der Waals surface area contributed by atoms with E-state index in [9.17, 15) is 4.79 Å². The largest absolute Gasteiger partial charge is 0.469 e. The average Bonchev–Trinajstić information content (AvgIpc) is 3.01. The summed E-state index contributed by atoms with van der Waals surface area (Å²) in [5, 5.41) is 0.219. The number of esters is 1. The Morgan fingerprint density at radius 2 is 1.95 bits per heavy atom. The summed E-state index contributed by atoms with van der Waals surface area (Å²) in [6.07, 6.45) is 3.12. The van der Waals surface area contributed by atoms with Crippen molar-refractivity contribution in [3.8, 4) is 0 Å². The zero-order valence-electron chi connectivity index (χ0n) is 14.5. The average molecular weight is 324 g/mol. The van der Waals surface area contributed by atoms with Gasteiger partial charge in [-0.15, -0.1) is 0 Å². The Morgan fingerprint density at radius 1 is 1.27 bits per heavy atom. The first-order chi connectivity index (χ1) is 10.2. The second-order valence-electron chi connectivity index (χ2n) is 9.15. The molecule has 7 atom stereocenters. The SMILES string of the molecule is COC(=O)[C@@H]1[C@@H]2[C@H]3O[C@H]3C23[C@H](O[Si](C)(C)C(C)(C)C)CC[C@@H]13. The Kier molecular flexibility index (Phi) is 2.87. The van der Waals surface area contributed by atoms with Gasteiger partial charge in [-0.25, -0.2) is 0 Å². The number of hydrogen-bond acceptors (Lipinski definition) is 4. The summed E-state index contributed by atoms with van der Waals surface area (Å²) in [7, 11) is -0.286. The zero-order valence-corrected chi connectivity index (χ0v) is 15.5. The fraction of sp³-hybridized carbons (Fsp3) is 0.941. The van der Waals surface area contributed by atoms with Crippen LogP contribution in [-0.4, -0.2) is 39.7 Å². The van der Waals surface area contributed by atoms with E-state index < -0.39 is 8.32 Å². The Balaban J connectivity index is 1.58. The quantitative estimate of drug-likeness (QED) is 0.455. The van der Waals surface area contributed by atoms with E-state index in [4.69, 9.17) is 13.9 Å². The lowest BCUT2D eigenvalue weighted by Crippen LogP contribution is -2.73. The third kappa shape index (κ3) is 1.53. The molecule has 3 aliphatic carbocycles. The first kappa shape index (κ1) is 15.2. The standard InChI is InChI=1S/C17H28O4Si/c1-16(2,3)22(5,6)21-10-8-7-9-11(15(18)19-4)12-13-14(20-13)17(9,10)12/h9-14H,7-8H2,1-6H3/t9-,10+,11-,12+,13+,14+,17?/m0/s1. The molecule has 0 N–H and O–H groups in total. The first-order valence-electron chi connectivity index (χ1n) is 8.57. The van der Waals surface area contributed by atoms with Crippen LogP contribution in [0.3, 0.4) is 0 Å². The Morgan fingerprint density at radius 3 is 2.55 bits per heavy atom. The van der Waals surface area contributed by atoms with Gasteiger partial charge < -0.3 is 13.9 Å². The number of carbonyl (C=O) groups is 1. The number of carbonyl (C=O) groups excluding carboxylic acids is 1. The molecule has 1 aliphatic heterocycles. The summed E-state index contributed by atoms with van der Waals surface area (Å²) in [5.41, 5.74) is 0.138. The van der Waals surface area contributed by atoms with Gasteiger partial charge >= 0.3 is 5.97 Å². The molecular weight excluding hydrogens is 296 g/mol. The Labute approximate surface area is 134 Å². The summed E-state index contributed by atoms with van der Waals surface area (Å²) >= 11 is 0. The molecule has 0 bridgehead atoms. The molecule has 4 aliphatic rings. The topological polar surface area (TPSA) is 48.1 Å².